The van der Waals surface area contributed by atoms with Crippen molar-refractivity contribution in [2.24, 2.45) is 5.92 Å². The quantitative estimate of drug-likeness (QED) is 0.116. The van der Waals surface area contributed by atoms with Gasteiger partial charge in [-0.2, -0.15) is 13.2 Å². The summed E-state index contributed by atoms with van der Waals surface area (Å²) in [7, 11) is -3.86. The van der Waals surface area contributed by atoms with Crippen LogP contribution in [0.15, 0.2) is 42.5 Å². The van der Waals surface area contributed by atoms with Crippen LogP contribution in [0.5, 0.6) is 0 Å². The Balaban J connectivity index is 0.00000131. The van der Waals surface area contributed by atoms with E-state index in [9.17, 15) is 49.9 Å². The number of carboxylic acid groups (broad SMARTS) is 1. The van der Waals surface area contributed by atoms with Gasteiger partial charge in [0.15, 0.2) is 9.84 Å². The minimum absolute atomic E-state index is 0.0101. The van der Waals surface area contributed by atoms with Crippen molar-refractivity contribution in [3.05, 3.63) is 70.8 Å². The number of aliphatic hydroxyl groups is 1. The Morgan fingerprint density at radius 2 is 1.59 bits per heavy atom. The Morgan fingerprint density at radius 1 is 0.981 bits per heavy atom. The zero-order valence-electron chi connectivity index (χ0n) is 30.3. The maximum Gasteiger partial charge on any atom is 0.490 e. The van der Waals surface area contributed by atoms with Crippen LogP contribution in [0.1, 0.15) is 69.1 Å². The molecule has 54 heavy (non-hydrogen) atoms. The normalized spacial score (nSPS) is 16.1. The van der Waals surface area contributed by atoms with Crippen molar-refractivity contribution >= 4 is 33.5 Å². The third kappa shape index (κ3) is 16.5. The molecule has 2 aromatic rings. The fourth-order valence-electron chi connectivity index (χ4n) is 5.90. The molecule has 0 radical (unpaired) electrons. The average molecular weight is 793 g/mol. The maximum atomic E-state index is 14.1. The van der Waals surface area contributed by atoms with Gasteiger partial charge in [-0.3, -0.25) is 14.4 Å². The summed E-state index contributed by atoms with van der Waals surface area (Å²) in [5, 5.41) is 28.7. The van der Waals surface area contributed by atoms with E-state index >= 15 is 0 Å². The number of benzene rings is 2. The number of aliphatic carboxylic acids is 1. The number of carbonyl (C=O) groups is 4. The molecule has 0 unspecified atom stereocenters. The highest BCUT2D eigenvalue weighted by molar-refractivity contribution is 7.92. The van der Waals surface area contributed by atoms with Gasteiger partial charge in [0.1, 0.15) is 17.7 Å². The van der Waals surface area contributed by atoms with Crippen LogP contribution in [0.2, 0.25) is 0 Å². The predicted molar refractivity (Wildman–Crippen MR) is 190 cm³/mol. The molecule has 18 heteroatoms. The largest absolute Gasteiger partial charge is 0.490 e. The van der Waals surface area contributed by atoms with E-state index in [0.29, 0.717) is 44.8 Å². The van der Waals surface area contributed by atoms with E-state index in [4.69, 9.17) is 9.90 Å². The summed E-state index contributed by atoms with van der Waals surface area (Å²) in [6.45, 7) is 6.38. The second-order valence-electron chi connectivity index (χ2n) is 13.3. The number of amides is 3. The molecule has 1 aliphatic rings. The smallest absolute Gasteiger partial charge is 0.475 e. The predicted octanol–water partition coefficient (Wildman–Crippen LogP) is 3.48. The number of halogens is 5. The molecule has 302 valence electrons. The molecule has 3 rings (SSSR count). The first kappa shape index (κ1) is 46.0. The number of carboxylic acids is 1. The first-order valence-electron chi connectivity index (χ1n) is 17.5. The van der Waals surface area contributed by atoms with Crippen molar-refractivity contribution in [2.75, 3.05) is 18.8 Å². The molecule has 3 amide bonds. The Bertz CT molecular complexity index is 1650. The van der Waals surface area contributed by atoms with E-state index in [2.05, 4.69) is 21.3 Å². The number of aliphatic hydroxyl groups excluding tert-OH is 1. The van der Waals surface area contributed by atoms with Gasteiger partial charge in [-0.25, -0.2) is 22.0 Å². The minimum Gasteiger partial charge on any atom is -0.475 e. The van der Waals surface area contributed by atoms with Crippen molar-refractivity contribution < 1.29 is 59.8 Å². The van der Waals surface area contributed by atoms with Crippen LogP contribution in [0.3, 0.4) is 0 Å². The van der Waals surface area contributed by atoms with Gasteiger partial charge < -0.3 is 31.5 Å². The number of carbonyl (C=O) groups excluding carboxylic acids is 3. The third-order valence-corrected chi connectivity index (χ3v) is 10.8. The minimum atomic E-state index is -5.08. The van der Waals surface area contributed by atoms with E-state index in [-0.39, 0.29) is 43.2 Å². The summed E-state index contributed by atoms with van der Waals surface area (Å²) >= 11 is 0. The summed E-state index contributed by atoms with van der Waals surface area (Å²) in [6, 6.07) is 8.03. The fourth-order valence-corrected chi connectivity index (χ4v) is 8.06. The van der Waals surface area contributed by atoms with E-state index in [1.54, 1.807) is 0 Å². The second kappa shape index (κ2) is 21.7. The lowest BCUT2D eigenvalue weighted by Crippen LogP contribution is -2.57. The summed E-state index contributed by atoms with van der Waals surface area (Å²) in [5.74, 6) is -7.01. The number of alkyl halides is 3. The molecule has 4 atom stereocenters. The van der Waals surface area contributed by atoms with Crippen LogP contribution >= 0.6 is 0 Å². The van der Waals surface area contributed by atoms with Gasteiger partial charge in [0.05, 0.1) is 23.1 Å². The van der Waals surface area contributed by atoms with Crippen molar-refractivity contribution in [3.63, 3.8) is 0 Å². The number of nitrogens with one attached hydrogen (secondary N) is 4. The lowest BCUT2D eigenvalue weighted by atomic mass is 10.00. The van der Waals surface area contributed by atoms with Crippen LogP contribution in [-0.4, -0.2) is 90.8 Å². The van der Waals surface area contributed by atoms with E-state index in [1.165, 1.54) is 0 Å². The zero-order valence-corrected chi connectivity index (χ0v) is 31.2. The second-order valence-corrected chi connectivity index (χ2v) is 15.6. The highest BCUT2D eigenvalue weighted by Gasteiger charge is 2.38. The van der Waals surface area contributed by atoms with Crippen LogP contribution in [0.25, 0.3) is 0 Å². The molecule has 6 N–H and O–H groups in total. The lowest BCUT2D eigenvalue weighted by Gasteiger charge is -2.28. The molecule has 0 spiro atoms. The molecule has 0 bridgehead atoms. The highest BCUT2D eigenvalue weighted by Crippen LogP contribution is 2.19. The average Bonchev–Trinajstić information content (AvgIpc) is 3.47. The van der Waals surface area contributed by atoms with E-state index < -0.39 is 74.6 Å². The summed E-state index contributed by atoms with van der Waals surface area (Å²) in [6.07, 6.45) is -4.44. The van der Waals surface area contributed by atoms with Crippen LogP contribution in [0.4, 0.5) is 22.0 Å². The Labute approximate surface area is 311 Å². The molecule has 1 saturated heterocycles. The van der Waals surface area contributed by atoms with Gasteiger partial charge in [0.25, 0.3) is 0 Å². The van der Waals surface area contributed by atoms with Crippen molar-refractivity contribution in [2.45, 2.75) is 102 Å². The molecule has 0 aliphatic carbocycles. The van der Waals surface area contributed by atoms with Crippen molar-refractivity contribution in [3.8, 4) is 0 Å². The number of hydrogen-bond donors (Lipinski definition) is 6. The Hall–Kier alpha value is -4.16. The van der Waals surface area contributed by atoms with Crippen LogP contribution in [-0.2, 0) is 42.0 Å². The molecular weight excluding hydrogens is 743 g/mol. The zero-order chi connectivity index (χ0) is 40.6. The Kier molecular flexibility index (Phi) is 18.4. The first-order chi connectivity index (χ1) is 25.2. The topological polar surface area (TPSA) is 191 Å². The standard InChI is InChI=1S/C34H48F2N4O6S.C2HF3O2/c1-4-7-28(8-5-2)47(45,46)21-30(39-33(43)16-25-15-32(42)38-19-25)34(44)40-29(14-24-12-26(35)17-27(36)13-24)31(41)20-37-18-23-10-6-9-22(3)11-23;3-2(4,5)1(6)7/h6,9-13,17,25,28-31,37,41H,4-5,7-8,14-16,18-21H2,1-3H3,(H,38,42)(H,39,43)(H,40,44);(H,6,7)/t25-,29+,30+,31-;/m1./s1. The van der Waals surface area contributed by atoms with Gasteiger partial charge in [-0.05, 0) is 55.4 Å². The molecule has 0 aromatic heterocycles. The summed E-state index contributed by atoms with van der Waals surface area (Å²) in [4.78, 5) is 47.4. The SMILES string of the molecule is CCCC(CCC)S(=O)(=O)C[C@H](NC(=O)C[C@@H]1CNC(=O)C1)C(=O)N[C@@H](Cc1cc(F)cc(F)c1)[C@H](O)CNCc1cccc(C)c1.O=C(O)C(F)(F)F. The molecule has 12 nitrogen and oxygen atoms in total. The van der Waals surface area contributed by atoms with Gasteiger partial charge in [0.2, 0.25) is 17.7 Å². The van der Waals surface area contributed by atoms with Crippen molar-refractivity contribution in [1.82, 2.24) is 21.3 Å². The first-order valence-corrected chi connectivity index (χ1v) is 19.2. The molecule has 1 aliphatic heterocycles. The van der Waals surface area contributed by atoms with E-state index in [1.807, 2.05) is 45.0 Å². The number of rotatable bonds is 19. The summed E-state index contributed by atoms with van der Waals surface area (Å²) in [5.41, 5.74) is 2.19. The molecule has 2 aromatic carbocycles. The number of hydrogen-bond acceptors (Lipinski definition) is 8. The van der Waals surface area contributed by atoms with E-state index in [0.717, 1.165) is 23.3 Å². The molecule has 0 saturated carbocycles. The van der Waals surface area contributed by atoms with Crippen LogP contribution < -0.4 is 21.3 Å². The lowest BCUT2D eigenvalue weighted by molar-refractivity contribution is -0.192. The van der Waals surface area contributed by atoms with Crippen LogP contribution in [0, 0.1) is 24.5 Å². The van der Waals surface area contributed by atoms with Gasteiger partial charge in [-0.1, -0.05) is 56.5 Å². The molecule has 1 heterocycles. The van der Waals surface area contributed by atoms with Gasteiger partial charge in [-0.15, -0.1) is 0 Å². The van der Waals surface area contributed by atoms with Gasteiger partial charge >= 0.3 is 12.1 Å². The molecular formula is C36H49F5N4O8S. The fraction of sp³-hybridized carbons (Fsp3) is 0.556. The monoisotopic (exact) mass is 792 g/mol. The number of aryl methyl sites for hydroxylation is 1. The summed E-state index contributed by atoms with van der Waals surface area (Å²) < 4.78 is 87.0. The van der Waals surface area contributed by atoms with Crippen molar-refractivity contribution in [1.29, 1.82) is 0 Å². The highest BCUT2D eigenvalue weighted by atomic mass is 32.2. The Morgan fingerprint density at radius 3 is 2.11 bits per heavy atom. The van der Waals surface area contributed by atoms with Gasteiger partial charge in [0, 0.05) is 38.5 Å². The third-order valence-electron chi connectivity index (χ3n) is 8.49. The molecule has 1 fully saturated rings. The maximum absolute atomic E-state index is 14.1. The number of sulfone groups is 1.